The van der Waals surface area contributed by atoms with Crippen LogP contribution in [-0.4, -0.2) is 9.97 Å². The standard InChI is InChI=1S/C58H36N2OS/c1-4-16-37(17-5-1)45-34-49(54(38-18-6-2-7-19-38)50(35-45)43-30-31-47-46-26-10-12-28-51(46)61-52(47)36-43)42-24-14-22-40(32-42)41-23-15-25-44(33-41)58-59-55(39-20-8-3-9-21-39)57-56(60-58)48-27-11-13-29-53(48)62-57/h1-36H. The lowest BCUT2D eigenvalue weighted by atomic mass is 9.84. The SMILES string of the molecule is c1ccc(-c2cc(-c3cccc(-c4cccc(-c5nc(-c6ccccc6)c6sc7ccccc7c6n5)c4)c3)c(-c3ccccc3)c(-c3ccc4c(c3)oc3ccccc34)c2)cc1. The fraction of sp³-hybridized carbons (Fsp3) is 0. The van der Waals surface area contributed by atoms with E-state index in [4.69, 9.17) is 14.4 Å². The summed E-state index contributed by atoms with van der Waals surface area (Å²) in [5.74, 6) is 0.714. The minimum atomic E-state index is 0.714. The first-order valence-corrected chi connectivity index (χ1v) is 21.7. The smallest absolute Gasteiger partial charge is 0.160 e. The van der Waals surface area contributed by atoms with Gasteiger partial charge in [0.2, 0.25) is 0 Å². The largest absolute Gasteiger partial charge is 0.456 e. The maximum atomic E-state index is 6.45. The van der Waals surface area contributed by atoms with E-state index in [2.05, 4.69) is 200 Å². The average Bonchev–Trinajstić information content (AvgIpc) is 3.92. The van der Waals surface area contributed by atoms with Crippen LogP contribution in [0.3, 0.4) is 0 Å². The van der Waals surface area contributed by atoms with Crippen molar-refractivity contribution in [1.29, 1.82) is 0 Å². The van der Waals surface area contributed by atoms with Gasteiger partial charge >= 0.3 is 0 Å². The molecule has 0 unspecified atom stereocenters. The van der Waals surface area contributed by atoms with E-state index in [1.54, 1.807) is 11.3 Å². The van der Waals surface area contributed by atoms with Gasteiger partial charge < -0.3 is 4.42 Å². The van der Waals surface area contributed by atoms with Crippen molar-refractivity contribution >= 4 is 53.6 Å². The van der Waals surface area contributed by atoms with Gasteiger partial charge in [-0.05, 0) is 104 Å². The van der Waals surface area contributed by atoms with E-state index >= 15 is 0 Å². The highest BCUT2D eigenvalue weighted by molar-refractivity contribution is 7.26. The minimum Gasteiger partial charge on any atom is -0.456 e. The molecule has 62 heavy (non-hydrogen) atoms. The highest BCUT2D eigenvalue weighted by atomic mass is 32.1. The fourth-order valence-electron chi connectivity index (χ4n) is 8.92. The summed E-state index contributed by atoms with van der Waals surface area (Å²) in [5.41, 5.74) is 17.1. The van der Waals surface area contributed by atoms with Crippen LogP contribution in [0, 0.1) is 0 Å². The van der Waals surface area contributed by atoms with Crippen molar-refractivity contribution in [1.82, 2.24) is 9.97 Å². The molecule has 3 aromatic heterocycles. The molecule has 0 N–H and O–H groups in total. The minimum absolute atomic E-state index is 0.714. The van der Waals surface area contributed by atoms with E-state index in [1.165, 1.54) is 10.3 Å². The molecule has 12 rings (SSSR count). The molecule has 0 amide bonds. The topological polar surface area (TPSA) is 38.9 Å². The van der Waals surface area contributed by atoms with Crippen molar-refractivity contribution in [2.24, 2.45) is 0 Å². The van der Waals surface area contributed by atoms with Gasteiger partial charge in [0.25, 0.3) is 0 Å². The third kappa shape index (κ3) is 6.28. The molecule has 0 aliphatic rings. The molecule has 3 heterocycles. The predicted octanol–water partition coefficient (Wildman–Crippen LogP) is 16.4. The second kappa shape index (κ2) is 15.0. The van der Waals surface area contributed by atoms with Crippen LogP contribution in [-0.2, 0) is 0 Å². The molecule has 3 nitrogen and oxygen atoms in total. The summed E-state index contributed by atoms with van der Waals surface area (Å²) in [6.45, 7) is 0. The summed E-state index contributed by atoms with van der Waals surface area (Å²) >= 11 is 1.76. The normalized spacial score (nSPS) is 11.5. The van der Waals surface area contributed by atoms with E-state index < -0.39 is 0 Å². The van der Waals surface area contributed by atoms with Crippen molar-refractivity contribution in [2.45, 2.75) is 0 Å². The first-order chi connectivity index (χ1) is 30.7. The highest BCUT2D eigenvalue weighted by Gasteiger charge is 2.20. The van der Waals surface area contributed by atoms with E-state index in [0.29, 0.717) is 5.82 Å². The monoisotopic (exact) mass is 808 g/mol. The first kappa shape index (κ1) is 36.0. The lowest BCUT2D eigenvalue weighted by Gasteiger charge is -2.19. The van der Waals surface area contributed by atoms with Gasteiger partial charge in [0.1, 0.15) is 11.2 Å². The fourth-order valence-corrected chi connectivity index (χ4v) is 10.1. The molecule has 12 aromatic rings. The van der Waals surface area contributed by atoms with Crippen LogP contribution in [0.2, 0.25) is 0 Å². The third-order valence-corrected chi connectivity index (χ3v) is 13.1. The predicted molar refractivity (Wildman–Crippen MR) is 260 cm³/mol. The number of benzene rings is 9. The zero-order chi connectivity index (χ0) is 41.0. The van der Waals surface area contributed by atoms with Crippen LogP contribution in [0.1, 0.15) is 0 Å². The second-order valence-electron chi connectivity index (χ2n) is 15.7. The van der Waals surface area contributed by atoms with Crippen LogP contribution < -0.4 is 0 Å². The number of fused-ring (bicyclic) bond motifs is 6. The van der Waals surface area contributed by atoms with Crippen LogP contribution in [0.25, 0.3) is 121 Å². The molecule has 0 spiro atoms. The Morgan fingerprint density at radius 2 is 0.887 bits per heavy atom. The summed E-state index contributed by atoms with van der Waals surface area (Å²) in [5, 5.41) is 3.40. The number of hydrogen-bond donors (Lipinski definition) is 0. The van der Waals surface area contributed by atoms with Crippen molar-refractivity contribution < 1.29 is 4.42 Å². The van der Waals surface area contributed by atoms with Gasteiger partial charge in [0.05, 0.1) is 15.9 Å². The quantitative estimate of drug-likeness (QED) is 0.161. The summed E-state index contributed by atoms with van der Waals surface area (Å²) in [4.78, 5) is 10.5. The zero-order valence-corrected chi connectivity index (χ0v) is 34.3. The Balaban J connectivity index is 1.03. The van der Waals surface area contributed by atoms with Crippen molar-refractivity contribution in [3.05, 3.63) is 218 Å². The molecule has 0 bridgehead atoms. The number of aromatic nitrogens is 2. The maximum Gasteiger partial charge on any atom is 0.160 e. The number of rotatable bonds is 7. The molecule has 0 saturated carbocycles. The number of nitrogens with zero attached hydrogens (tertiary/aromatic N) is 2. The highest BCUT2D eigenvalue weighted by Crippen LogP contribution is 2.46. The van der Waals surface area contributed by atoms with Crippen molar-refractivity contribution in [3.8, 4) is 78.3 Å². The lowest BCUT2D eigenvalue weighted by Crippen LogP contribution is -1.94. The molecule has 290 valence electrons. The van der Waals surface area contributed by atoms with Gasteiger partial charge in [-0.1, -0.05) is 170 Å². The van der Waals surface area contributed by atoms with E-state index in [9.17, 15) is 0 Å². The molecule has 4 heteroatoms. The van der Waals surface area contributed by atoms with Gasteiger partial charge in [0.15, 0.2) is 5.82 Å². The molecule has 0 radical (unpaired) electrons. The van der Waals surface area contributed by atoms with Crippen LogP contribution in [0.5, 0.6) is 0 Å². The molecule has 0 atom stereocenters. The Bertz CT molecular complexity index is 3630. The van der Waals surface area contributed by atoms with Crippen LogP contribution in [0.4, 0.5) is 0 Å². The van der Waals surface area contributed by atoms with E-state index in [-0.39, 0.29) is 0 Å². The Labute approximate surface area is 362 Å². The second-order valence-corrected chi connectivity index (χ2v) is 16.7. The van der Waals surface area contributed by atoms with Gasteiger partial charge in [-0.25, -0.2) is 9.97 Å². The summed E-state index contributed by atoms with van der Waals surface area (Å²) in [7, 11) is 0. The van der Waals surface area contributed by atoms with E-state index in [1.807, 2.05) is 18.2 Å². The molecule has 0 saturated heterocycles. The summed E-state index contributed by atoms with van der Waals surface area (Å²) in [6, 6.07) is 77.7. The molecule has 0 aliphatic carbocycles. The van der Waals surface area contributed by atoms with Gasteiger partial charge in [-0.3, -0.25) is 0 Å². The average molecular weight is 809 g/mol. The summed E-state index contributed by atoms with van der Waals surface area (Å²) in [6.07, 6.45) is 0. The van der Waals surface area contributed by atoms with Crippen molar-refractivity contribution in [2.75, 3.05) is 0 Å². The Hall–Kier alpha value is -7.92. The van der Waals surface area contributed by atoms with Crippen molar-refractivity contribution in [3.63, 3.8) is 0 Å². The van der Waals surface area contributed by atoms with Crippen LogP contribution in [0.15, 0.2) is 223 Å². The molecule has 9 aromatic carbocycles. The zero-order valence-electron chi connectivity index (χ0n) is 33.5. The Morgan fingerprint density at radius 3 is 1.63 bits per heavy atom. The van der Waals surface area contributed by atoms with Crippen LogP contribution >= 0.6 is 11.3 Å². The first-order valence-electron chi connectivity index (χ1n) is 20.9. The van der Waals surface area contributed by atoms with Gasteiger partial charge in [0, 0.05) is 32.0 Å². The van der Waals surface area contributed by atoms with Gasteiger partial charge in [-0.2, -0.15) is 0 Å². The number of para-hydroxylation sites is 1. The van der Waals surface area contributed by atoms with Gasteiger partial charge in [-0.15, -0.1) is 11.3 Å². The molecule has 0 fully saturated rings. The molecular formula is C58H36N2OS. The number of furan rings is 1. The molecule has 0 aliphatic heterocycles. The summed E-state index contributed by atoms with van der Waals surface area (Å²) < 4.78 is 8.77. The third-order valence-electron chi connectivity index (χ3n) is 11.9. The lowest BCUT2D eigenvalue weighted by molar-refractivity contribution is 0.669. The molecular weight excluding hydrogens is 773 g/mol. The Kier molecular flexibility index (Phi) is 8.68. The Morgan fingerprint density at radius 1 is 0.339 bits per heavy atom. The maximum absolute atomic E-state index is 6.45. The number of hydrogen-bond acceptors (Lipinski definition) is 4. The number of thiophene rings is 1. The van der Waals surface area contributed by atoms with E-state index in [0.717, 1.165) is 104 Å².